The van der Waals surface area contributed by atoms with Crippen molar-refractivity contribution in [3.05, 3.63) is 70.8 Å². The molecular weight excluding hydrogens is 449 g/mol. The van der Waals surface area contributed by atoms with Crippen LogP contribution in [0.15, 0.2) is 47.5 Å². The molecular formula is C19H21F2IN4. The topological polar surface area (TPSA) is 60.2 Å². The SMILES string of the molecule is CCNC(=NCc1cc(C#N)ccc1F)NCCc1cccc(F)c1.I. The Balaban J connectivity index is 0.00000338. The third kappa shape index (κ3) is 6.96. The second-order valence-electron chi connectivity index (χ2n) is 5.42. The van der Waals surface area contributed by atoms with Crippen LogP contribution in [-0.2, 0) is 13.0 Å². The van der Waals surface area contributed by atoms with E-state index in [1.807, 2.05) is 19.1 Å². The average Bonchev–Trinajstić information content (AvgIpc) is 2.61. The highest BCUT2D eigenvalue weighted by atomic mass is 127. The fourth-order valence-electron chi connectivity index (χ4n) is 2.29. The van der Waals surface area contributed by atoms with Gasteiger partial charge in [0.25, 0.3) is 0 Å². The highest BCUT2D eigenvalue weighted by Gasteiger charge is 2.04. The van der Waals surface area contributed by atoms with Crippen molar-refractivity contribution in [3.63, 3.8) is 0 Å². The first-order chi connectivity index (χ1) is 12.1. The van der Waals surface area contributed by atoms with Gasteiger partial charge in [0.15, 0.2) is 5.96 Å². The molecule has 0 aliphatic rings. The molecule has 0 saturated heterocycles. The molecule has 0 aromatic heterocycles. The minimum atomic E-state index is -0.390. The van der Waals surface area contributed by atoms with Gasteiger partial charge in [0.05, 0.1) is 18.2 Å². The highest BCUT2D eigenvalue weighted by molar-refractivity contribution is 14.0. The first-order valence-corrected chi connectivity index (χ1v) is 8.07. The number of nitrogens with zero attached hydrogens (tertiary/aromatic N) is 2. The van der Waals surface area contributed by atoms with Gasteiger partial charge in [-0.05, 0) is 49.2 Å². The molecule has 0 unspecified atom stereocenters. The smallest absolute Gasteiger partial charge is 0.191 e. The minimum Gasteiger partial charge on any atom is -0.357 e. The summed E-state index contributed by atoms with van der Waals surface area (Å²) in [6.45, 7) is 3.28. The summed E-state index contributed by atoms with van der Waals surface area (Å²) in [6, 6.07) is 12.6. The van der Waals surface area contributed by atoms with E-state index in [2.05, 4.69) is 15.6 Å². The maximum Gasteiger partial charge on any atom is 0.191 e. The van der Waals surface area contributed by atoms with Crippen LogP contribution in [0.5, 0.6) is 0 Å². The van der Waals surface area contributed by atoms with E-state index in [9.17, 15) is 8.78 Å². The Labute approximate surface area is 169 Å². The van der Waals surface area contributed by atoms with Crippen LogP contribution >= 0.6 is 24.0 Å². The molecule has 0 atom stereocenters. The van der Waals surface area contributed by atoms with Gasteiger partial charge in [-0.3, -0.25) is 0 Å². The lowest BCUT2D eigenvalue weighted by atomic mass is 10.1. The quantitative estimate of drug-likeness (QED) is 0.384. The molecule has 0 bridgehead atoms. The van der Waals surface area contributed by atoms with Crippen molar-refractivity contribution in [2.24, 2.45) is 4.99 Å². The van der Waals surface area contributed by atoms with Crippen LogP contribution < -0.4 is 10.6 Å². The summed E-state index contributed by atoms with van der Waals surface area (Å²) in [6.07, 6.45) is 0.639. The number of hydrogen-bond donors (Lipinski definition) is 2. The van der Waals surface area contributed by atoms with E-state index in [0.29, 0.717) is 36.6 Å². The lowest BCUT2D eigenvalue weighted by molar-refractivity contribution is 0.610. The Morgan fingerprint density at radius 3 is 2.65 bits per heavy atom. The van der Waals surface area contributed by atoms with Crippen LogP contribution in [0.4, 0.5) is 8.78 Å². The standard InChI is InChI=1S/C19H20F2N4.HI/c1-2-23-19(24-9-8-14-4-3-5-17(20)11-14)25-13-16-10-15(12-22)6-7-18(16)21;/h3-7,10-11H,2,8-9,13H2,1H3,(H2,23,24,25);1H. The van der Waals surface area contributed by atoms with Crippen LogP contribution in [0.25, 0.3) is 0 Å². The van der Waals surface area contributed by atoms with Gasteiger partial charge in [-0.2, -0.15) is 5.26 Å². The largest absolute Gasteiger partial charge is 0.357 e. The van der Waals surface area contributed by atoms with Crippen molar-refractivity contribution in [3.8, 4) is 6.07 Å². The summed E-state index contributed by atoms with van der Waals surface area (Å²) in [7, 11) is 0. The van der Waals surface area contributed by atoms with Gasteiger partial charge in [0.1, 0.15) is 11.6 Å². The van der Waals surface area contributed by atoms with E-state index in [1.54, 1.807) is 6.07 Å². The summed E-state index contributed by atoms with van der Waals surface area (Å²) >= 11 is 0. The van der Waals surface area contributed by atoms with Gasteiger partial charge in [-0.1, -0.05) is 12.1 Å². The zero-order valence-corrected chi connectivity index (χ0v) is 16.8. The van der Waals surface area contributed by atoms with Crippen molar-refractivity contribution >= 4 is 29.9 Å². The molecule has 7 heteroatoms. The molecule has 138 valence electrons. The monoisotopic (exact) mass is 470 g/mol. The number of guanidine groups is 1. The molecule has 0 radical (unpaired) electrons. The molecule has 26 heavy (non-hydrogen) atoms. The first-order valence-electron chi connectivity index (χ1n) is 8.07. The lowest BCUT2D eigenvalue weighted by Gasteiger charge is -2.11. The van der Waals surface area contributed by atoms with Crippen molar-refractivity contribution in [1.29, 1.82) is 5.26 Å². The third-order valence-corrected chi connectivity index (χ3v) is 3.52. The molecule has 0 fully saturated rings. The van der Waals surface area contributed by atoms with Gasteiger partial charge >= 0.3 is 0 Å². The molecule has 2 rings (SSSR count). The summed E-state index contributed by atoms with van der Waals surface area (Å²) in [4.78, 5) is 4.34. The van der Waals surface area contributed by atoms with E-state index < -0.39 is 5.82 Å². The molecule has 0 spiro atoms. The van der Waals surface area contributed by atoms with E-state index >= 15 is 0 Å². The van der Waals surface area contributed by atoms with Gasteiger partial charge in [0, 0.05) is 18.7 Å². The predicted octanol–water partition coefficient (Wildman–Crippen LogP) is 3.75. The summed E-state index contributed by atoms with van der Waals surface area (Å²) in [5, 5.41) is 15.1. The Morgan fingerprint density at radius 2 is 1.96 bits per heavy atom. The van der Waals surface area contributed by atoms with Gasteiger partial charge < -0.3 is 10.6 Å². The van der Waals surface area contributed by atoms with Gasteiger partial charge in [0.2, 0.25) is 0 Å². The minimum absolute atomic E-state index is 0. The molecule has 2 N–H and O–H groups in total. The van der Waals surface area contributed by atoms with Crippen LogP contribution in [0.3, 0.4) is 0 Å². The Hall–Kier alpha value is -2.21. The molecule has 0 amide bonds. The van der Waals surface area contributed by atoms with Crippen LogP contribution in [0.1, 0.15) is 23.6 Å². The number of rotatable bonds is 6. The number of benzene rings is 2. The summed E-state index contributed by atoms with van der Waals surface area (Å²) in [5.74, 6) is -0.107. The maximum absolute atomic E-state index is 13.8. The van der Waals surface area contributed by atoms with E-state index in [0.717, 1.165) is 5.56 Å². The fraction of sp³-hybridized carbons (Fsp3) is 0.263. The van der Waals surface area contributed by atoms with E-state index in [-0.39, 0.29) is 36.3 Å². The summed E-state index contributed by atoms with van der Waals surface area (Å²) in [5.41, 5.74) is 1.65. The van der Waals surface area contributed by atoms with E-state index in [4.69, 9.17) is 5.26 Å². The number of hydrogen-bond acceptors (Lipinski definition) is 2. The third-order valence-electron chi connectivity index (χ3n) is 3.52. The predicted molar refractivity (Wildman–Crippen MR) is 109 cm³/mol. The van der Waals surface area contributed by atoms with Gasteiger partial charge in [-0.15, -0.1) is 24.0 Å². The molecule has 4 nitrogen and oxygen atoms in total. The first kappa shape index (κ1) is 21.8. The second-order valence-corrected chi connectivity index (χ2v) is 5.42. The normalized spacial score (nSPS) is 10.6. The van der Waals surface area contributed by atoms with Gasteiger partial charge in [-0.25, -0.2) is 13.8 Å². The second kappa shape index (κ2) is 11.4. The highest BCUT2D eigenvalue weighted by Crippen LogP contribution is 2.11. The molecule has 2 aromatic carbocycles. The zero-order chi connectivity index (χ0) is 18.1. The molecule has 0 heterocycles. The Morgan fingerprint density at radius 1 is 1.15 bits per heavy atom. The molecule has 0 aliphatic carbocycles. The number of halogens is 3. The average molecular weight is 470 g/mol. The van der Waals surface area contributed by atoms with E-state index in [1.165, 1.54) is 30.3 Å². The summed E-state index contributed by atoms with van der Waals surface area (Å²) < 4.78 is 27.0. The van der Waals surface area contributed by atoms with Crippen molar-refractivity contribution < 1.29 is 8.78 Å². The molecule has 0 saturated carbocycles. The van der Waals surface area contributed by atoms with Crippen LogP contribution in [-0.4, -0.2) is 19.0 Å². The maximum atomic E-state index is 13.8. The number of nitriles is 1. The zero-order valence-electron chi connectivity index (χ0n) is 14.4. The Bertz CT molecular complexity index is 787. The van der Waals surface area contributed by atoms with Crippen molar-refractivity contribution in [2.45, 2.75) is 19.9 Å². The Kier molecular flexibility index (Phi) is 9.58. The van der Waals surface area contributed by atoms with Crippen LogP contribution in [0, 0.1) is 23.0 Å². The number of nitrogens with one attached hydrogen (secondary N) is 2. The molecule has 2 aromatic rings. The number of aliphatic imine (C=N–C) groups is 1. The van der Waals surface area contributed by atoms with Crippen molar-refractivity contribution in [2.75, 3.05) is 13.1 Å². The molecule has 0 aliphatic heterocycles. The fourth-order valence-corrected chi connectivity index (χ4v) is 2.29. The van der Waals surface area contributed by atoms with Crippen molar-refractivity contribution in [1.82, 2.24) is 10.6 Å². The van der Waals surface area contributed by atoms with Crippen LogP contribution in [0.2, 0.25) is 0 Å². The lowest BCUT2D eigenvalue weighted by Crippen LogP contribution is -2.38.